The van der Waals surface area contributed by atoms with Gasteiger partial charge >= 0.3 is 0 Å². The first kappa shape index (κ1) is 12.0. The number of alkyl halides is 1. The van der Waals surface area contributed by atoms with Crippen LogP contribution in [0, 0.1) is 0 Å². The van der Waals surface area contributed by atoms with E-state index in [4.69, 9.17) is 23.2 Å². The Balaban J connectivity index is 0.000000162. The molecular weight excluding hydrogens is 229 g/mol. The minimum Gasteiger partial charge on any atom is -0.265 e. The second-order valence-corrected chi connectivity index (χ2v) is 3.49. The van der Waals surface area contributed by atoms with Gasteiger partial charge in [-0.1, -0.05) is 29.8 Å². The highest BCUT2D eigenvalue weighted by Crippen LogP contribution is 2.10. The fourth-order valence-electron chi connectivity index (χ4n) is 0.886. The second-order valence-electron chi connectivity index (χ2n) is 2.78. The summed E-state index contributed by atoms with van der Waals surface area (Å²) >= 11 is 11.2. The van der Waals surface area contributed by atoms with Gasteiger partial charge in [-0.2, -0.15) is 0 Å². The molecule has 0 amide bonds. The third-order valence-electron chi connectivity index (χ3n) is 1.63. The molecule has 0 atom stereocenters. The van der Waals surface area contributed by atoms with E-state index in [9.17, 15) is 0 Å². The van der Waals surface area contributed by atoms with E-state index in [1.165, 1.54) is 0 Å². The van der Waals surface area contributed by atoms with Gasteiger partial charge in [0.2, 0.25) is 0 Å². The van der Waals surface area contributed by atoms with Crippen LogP contribution in [-0.4, -0.2) is 4.98 Å². The van der Waals surface area contributed by atoms with Crippen LogP contribution in [0.15, 0.2) is 54.9 Å². The number of aromatic nitrogens is 1. The predicted octanol–water partition coefficient (Wildman–Crippen LogP) is 4.16. The first-order valence-electron chi connectivity index (χ1n) is 4.48. The number of halogens is 2. The Bertz CT molecular complexity index is 332. The zero-order valence-corrected chi connectivity index (χ0v) is 9.62. The molecule has 0 saturated heterocycles. The summed E-state index contributed by atoms with van der Waals surface area (Å²) in [6.45, 7) is 0. The monoisotopic (exact) mass is 239 g/mol. The molecule has 15 heavy (non-hydrogen) atoms. The van der Waals surface area contributed by atoms with Gasteiger partial charge in [0.25, 0.3) is 0 Å². The highest BCUT2D eigenvalue weighted by Gasteiger charge is 1.87. The molecule has 0 spiro atoms. The van der Waals surface area contributed by atoms with Crippen LogP contribution in [0.5, 0.6) is 0 Å². The van der Waals surface area contributed by atoms with E-state index < -0.39 is 0 Å². The van der Waals surface area contributed by atoms with Gasteiger partial charge in [-0.3, -0.25) is 4.98 Å². The van der Waals surface area contributed by atoms with E-state index >= 15 is 0 Å². The molecule has 2 rings (SSSR count). The SMILES string of the molecule is ClCc1ccc(Cl)cc1.c1ccncc1. The fraction of sp³-hybridized carbons (Fsp3) is 0.0833. The minimum absolute atomic E-state index is 0.553. The van der Waals surface area contributed by atoms with Crippen LogP contribution < -0.4 is 0 Å². The van der Waals surface area contributed by atoms with Gasteiger partial charge in [0.05, 0.1) is 0 Å². The van der Waals surface area contributed by atoms with Gasteiger partial charge in [0.15, 0.2) is 0 Å². The van der Waals surface area contributed by atoms with E-state index in [1.54, 1.807) is 12.4 Å². The van der Waals surface area contributed by atoms with Crippen LogP contribution in [0.1, 0.15) is 5.56 Å². The maximum absolute atomic E-state index is 5.63. The van der Waals surface area contributed by atoms with E-state index in [0.717, 1.165) is 10.6 Å². The zero-order chi connectivity index (χ0) is 10.9. The number of benzene rings is 1. The third-order valence-corrected chi connectivity index (χ3v) is 2.19. The average Bonchev–Trinajstić information content (AvgIpc) is 2.33. The highest BCUT2D eigenvalue weighted by atomic mass is 35.5. The van der Waals surface area contributed by atoms with E-state index in [-0.39, 0.29) is 0 Å². The summed E-state index contributed by atoms with van der Waals surface area (Å²) < 4.78 is 0. The second kappa shape index (κ2) is 7.27. The molecule has 0 aliphatic rings. The Labute approximate surface area is 99.7 Å². The van der Waals surface area contributed by atoms with E-state index in [1.807, 2.05) is 42.5 Å². The topological polar surface area (TPSA) is 12.9 Å². The van der Waals surface area contributed by atoms with Crippen LogP contribution in [-0.2, 0) is 5.88 Å². The average molecular weight is 240 g/mol. The molecule has 0 aliphatic heterocycles. The number of nitrogens with zero attached hydrogens (tertiary/aromatic N) is 1. The molecule has 3 heteroatoms. The van der Waals surface area contributed by atoms with Crippen molar-refractivity contribution in [2.75, 3.05) is 0 Å². The summed E-state index contributed by atoms with van der Waals surface area (Å²) in [6.07, 6.45) is 3.50. The van der Waals surface area contributed by atoms with Gasteiger partial charge < -0.3 is 0 Å². The summed E-state index contributed by atoms with van der Waals surface area (Å²) in [7, 11) is 0. The van der Waals surface area contributed by atoms with Crippen LogP contribution in [0.3, 0.4) is 0 Å². The van der Waals surface area contributed by atoms with Crippen LogP contribution in [0.4, 0.5) is 0 Å². The lowest BCUT2D eigenvalue weighted by Crippen LogP contribution is -1.73. The summed E-state index contributed by atoms with van der Waals surface area (Å²) in [5.74, 6) is 0.553. The molecule has 1 nitrogen and oxygen atoms in total. The predicted molar refractivity (Wildman–Crippen MR) is 65.2 cm³/mol. The number of rotatable bonds is 1. The number of hydrogen-bond acceptors (Lipinski definition) is 1. The van der Waals surface area contributed by atoms with Crippen molar-refractivity contribution >= 4 is 23.2 Å². The first-order chi connectivity index (χ1) is 7.33. The third kappa shape index (κ3) is 5.40. The van der Waals surface area contributed by atoms with Gasteiger partial charge in [-0.15, -0.1) is 11.6 Å². The van der Waals surface area contributed by atoms with Crippen molar-refractivity contribution in [2.45, 2.75) is 5.88 Å². The van der Waals surface area contributed by atoms with Gasteiger partial charge in [-0.25, -0.2) is 0 Å². The lowest BCUT2D eigenvalue weighted by Gasteiger charge is -1.91. The van der Waals surface area contributed by atoms with Crippen molar-refractivity contribution in [1.29, 1.82) is 0 Å². The highest BCUT2D eigenvalue weighted by molar-refractivity contribution is 6.30. The summed E-state index contributed by atoms with van der Waals surface area (Å²) in [4.78, 5) is 3.78. The summed E-state index contributed by atoms with van der Waals surface area (Å²) in [6, 6.07) is 13.2. The Hall–Kier alpha value is -1.05. The van der Waals surface area contributed by atoms with Crippen LogP contribution in [0.25, 0.3) is 0 Å². The van der Waals surface area contributed by atoms with Crippen molar-refractivity contribution in [2.24, 2.45) is 0 Å². The van der Waals surface area contributed by atoms with Crippen molar-refractivity contribution < 1.29 is 0 Å². The molecular formula is C12H11Cl2N. The Morgan fingerprint density at radius 2 is 1.53 bits per heavy atom. The quantitative estimate of drug-likeness (QED) is 0.682. The van der Waals surface area contributed by atoms with Crippen LogP contribution >= 0.6 is 23.2 Å². The molecule has 2 aromatic rings. The lowest BCUT2D eigenvalue weighted by molar-refractivity contribution is 1.33. The molecule has 0 saturated carbocycles. The van der Waals surface area contributed by atoms with Crippen molar-refractivity contribution in [3.05, 3.63) is 65.4 Å². The maximum atomic E-state index is 5.63. The Kier molecular flexibility index (Phi) is 5.83. The first-order valence-corrected chi connectivity index (χ1v) is 5.39. The fourth-order valence-corrected chi connectivity index (χ4v) is 1.19. The Morgan fingerprint density at radius 1 is 0.933 bits per heavy atom. The molecule has 78 valence electrons. The Morgan fingerprint density at radius 3 is 1.87 bits per heavy atom. The summed E-state index contributed by atoms with van der Waals surface area (Å²) in [5, 5.41) is 0.754. The standard InChI is InChI=1S/C7H6Cl2.C5H5N/c8-5-6-1-3-7(9)4-2-6;1-2-4-6-5-3-1/h1-4H,5H2;1-5H. The van der Waals surface area contributed by atoms with Crippen molar-refractivity contribution in [1.82, 2.24) is 4.98 Å². The van der Waals surface area contributed by atoms with Crippen LogP contribution in [0.2, 0.25) is 5.02 Å². The molecule has 0 fully saturated rings. The molecule has 0 unspecified atom stereocenters. The molecule has 0 N–H and O–H groups in total. The smallest absolute Gasteiger partial charge is 0.0474 e. The van der Waals surface area contributed by atoms with Crippen molar-refractivity contribution in [3.63, 3.8) is 0 Å². The lowest BCUT2D eigenvalue weighted by atomic mass is 10.2. The molecule has 1 heterocycles. The molecule has 0 radical (unpaired) electrons. The van der Waals surface area contributed by atoms with E-state index in [2.05, 4.69) is 4.98 Å². The maximum Gasteiger partial charge on any atom is 0.0474 e. The van der Waals surface area contributed by atoms with Gasteiger partial charge in [-0.05, 0) is 29.8 Å². The van der Waals surface area contributed by atoms with Gasteiger partial charge in [0.1, 0.15) is 0 Å². The summed E-state index contributed by atoms with van der Waals surface area (Å²) in [5.41, 5.74) is 1.10. The van der Waals surface area contributed by atoms with Crippen molar-refractivity contribution in [3.8, 4) is 0 Å². The number of pyridine rings is 1. The zero-order valence-electron chi connectivity index (χ0n) is 8.11. The molecule has 0 bridgehead atoms. The minimum atomic E-state index is 0.553. The normalized spacial score (nSPS) is 8.93. The largest absolute Gasteiger partial charge is 0.265 e. The van der Waals surface area contributed by atoms with E-state index in [0.29, 0.717) is 5.88 Å². The van der Waals surface area contributed by atoms with Gasteiger partial charge in [0, 0.05) is 23.3 Å². The molecule has 0 aliphatic carbocycles. The molecule has 1 aromatic carbocycles. The number of hydrogen-bond donors (Lipinski definition) is 0. The molecule has 1 aromatic heterocycles.